The topological polar surface area (TPSA) is 57.7 Å². The molecule has 5 heteroatoms. The molecule has 0 N–H and O–H groups in total. The Bertz CT molecular complexity index is 265. The van der Waals surface area contributed by atoms with Crippen molar-refractivity contribution in [3.63, 3.8) is 0 Å². The summed E-state index contributed by atoms with van der Waals surface area (Å²) in [6.07, 6.45) is 0.694. The van der Waals surface area contributed by atoms with Gasteiger partial charge < -0.3 is 0 Å². The van der Waals surface area contributed by atoms with E-state index >= 15 is 0 Å². The predicted molar refractivity (Wildman–Crippen MR) is 49.7 cm³/mol. The number of carbonyl (C=O) groups is 3. The molecule has 14 heavy (non-hydrogen) atoms. The zero-order valence-corrected chi connectivity index (χ0v) is 8.40. The number of Topliss-reactive ketones (excluding diaryl/α,β-unsaturated/α-hetero) is 2. The van der Waals surface area contributed by atoms with Crippen LogP contribution in [0.25, 0.3) is 0 Å². The molecule has 0 aromatic carbocycles. The quantitative estimate of drug-likeness (QED) is 0.328. The minimum atomic E-state index is -0.925. The molecule has 1 heterocycles. The highest BCUT2D eigenvalue weighted by Gasteiger charge is 2.31. The molecule has 0 radical (unpaired) electrons. The first-order valence-electron chi connectivity index (χ1n) is 4.48. The highest BCUT2D eigenvalue weighted by molar-refractivity contribution is 6.58. The van der Waals surface area contributed by atoms with Gasteiger partial charge in [-0.3, -0.25) is 24.2 Å². The smallest absolute Gasteiger partial charge is 0.262 e. The Morgan fingerprint density at radius 1 is 1.36 bits per heavy atom. The van der Waals surface area contributed by atoms with Crippen LogP contribution in [0.2, 0.25) is 0 Å². The summed E-state index contributed by atoms with van der Waals surface area (Å²) in [5.41, 5.74) is 0. The third-order valence-electron chi connectivity index (χ3n) is 2.43. The van der Waals surface area contributed by atoms with Crippen LogP contribution in [0.5, 0.6) is 0 Å². The summed E-state index contributed by atoms with van der Waals surface area (Å²) in [6, 6.07) is -0.427. The van der Waals surface area contributed by atoms with Crippen LogP contribution in [0.1, 0.15) is 6.42 Å². The van der Waals surface area contributed by atoms with Crippen LogP contribution in [0, 0.1) is 0 Å². The molecule has 1 saturated heterocycles. The van der Waals surface area contributed by atoms with Gasteiger partial charge in [0, 0.05) is 6.54 Å². The first-order chi connectivity index (χ1) is 6.56. The second kappa shape index (κ2) is 4.43. The Labute approximate surface area is 82.7 Å². The van der Waals surface area contributed by atoms with Crippen molar-refractivity contribution >= 4 is 17.9 Å². The Balaban J connectivity index is 2.64. The number of nitrogens with zero attached hydrogens (tertiary/aromatic N) is 2. The minimum absolute atomic E-state index is 0.0918. The summed E-state index contributed by atoms with van der Waals surface area (Å²) in [5, 5.41) is 0. The monoisotopic (exact) mass is 198 g/mol. The molecule has 1 unspecified atom stereocenters. The maximum Gasteiger partial charge on any atom is 0.262 e. The van der Waals surface area contributed by atoms with Crippen molar-refractivity contribution < 1.29 is 14.4 Å². The van der Waals surface area contributed by atoms with E-state index in [4.69, 9.17) is 0 Å². The summed E-state index contributed by atoms with van der Waals surface area (Å²) >= 11 is 0. The molecule has 1 atom stereocenters. The van der Waals surface area contributed by atoms with Gasteiger partial charge >= 0.3 is 0 Å². The van der Waals surface area contributed by atoms with Crippen LogP contribution in [0.3, 0.4) is 0 Å². The molecular formula is C9H14N2O3. The SMILES string of the molecule is CN1CCC(C(=O)C(=O)C=O)N(C)C1. The fraction of sp³-hybridized carbons (Fsp3) is 0.667. The molecule has 1 aliphatic rings. The van der Waals surface area contributed by atoms with Crippen molar-refractivity contribution in [1.82, 2.24) is 9.80 Å². The van der Waals surface area contributed by atoms with Crippen LogP contribution in [-0.2, 0) is 14.4 Å². The lowest BCUT2D eigenvalue weighted by Crippen LogP contribution is -2.52. The van der Waals surface area contributed by atoms with Crippen molar-refractivity contribution in [3.05, 3.63) is 0 Å². The Hall–Kier alpha value is -1.07. The fourth-order valence-electron chi connectivity index (χ4n) is 1.67. The Kier molecular flexibility index (Phi) is 3.49. The van der Waals surface area contributed by atoms with Gasteiger partial charge in [0.2, 0.25) is 5.78 Å². The van der Waals surface area contributed by atoms with Crippen molar-refractivity contribution in [3.8, 4) is 0 Å². The maximum absolute atomic E-state index is 11.4. The van der Waals surface area contributed by atoms with Gasteiger partial charge in [-0.2, -0.15) is 0 Å². The highest BCUT2D eigenvalue weighted by atomic mass is 16.2. The standard InChI is InChI=1S/C9H14N2O3/c1-10-4-3-7(11(2)6-10)9(14)8(13)5-12/h5,7H,3-4,6H2,1-2H3. The Morgan fingerprint density at radius 3 is 2.50 bits per heavy atom. The van der Waals surface area contributed by atoms with Gasteiger partial charge in [0.1, 0.15) is 0 Å². The molecule has 78 valence electrons. The van der Waals surface area contributed by atoms with Crippen molar-refractivity contribution in [2.45, 2.75) is 12.5 Å². The molecule has 1 rings (SSSR count). The third-order valence-corrected chi connectivity index (χ3v) is 2.43. The second-order valence-electron chi connectivity index (χ2n) is 3.63. The van der Waals surface area contributed by atoms with Gasteiger partial charge in [0.05, 0.1) is 12.7 Å². The van der Waals surface area contributed by atoms with E-state index in [0.717, 1.165) is 6.54 Å². The number of hydrogen-bond acceptors (Lipinski definition) is 5. The summed E-state index contributed by atoms with van der Waals surface area (Å²) in [5.74, 6) is -1.51. The molecule has 0 bridgehead atoms. The number of rotatable bonds is 3. The summed E-state index contributed by atoms with van der Waals surface area (Å²) in [4.78, 5) is 36.3. The lowest BCUT2D eigenvalue weighted by atomic mass is 10.0. The number of hydrogen-bond donors (Lipinski definition) is 0. The summed E-state index contributed by atoms with van der Waals surface area (Å²) in [6.45, 7) is 1.41. The summed E-state index contributed by atoms with van der Waals surface area (Å²) in [7, 11) is 3.72. The summed E-state index contributed by atoms with van der Waals surface area (Å²) < 4.78 is 0. The lowest BCUT2D eigenvalue weighted by molar-refractivity contribution is -0.143. The van der Waals surface area contributed by atoms with Gasteiger partial charge in [-0.1, -0.05) is 0 Å². The third kappa shape index (κ3) is 2.24. The molecule has 5 nitrogen and oxygen atoms in total. The lowest BCUT2D eigenvalue weighted by Gasteiger charge is -2.36. The average molecular weight is 198 g/mol. The molecule has 0 aromatic heterocycles. The van der Waals surface area contributed by atoms with E-state index in [1.165, 1.54) is 0 Å². The van der Waals surface area contributed by atoms with Crippen LogP contribution in [-0.4, -0.2) is 61.0 Å². The van der Waals surface area contributed by atoms with E-state index in [9.17, 15) is 14.4 Å². The molecule has 0 amide bonds. The van der Waals surface area contributed by atoms with E-state index in [1.54, 1.807) is 11.9 Å². The van der Waals surface area contributed by atoms with Gasteiger partial charge in [-0.25, -0.2) is 0 Å². The van der Waals surface area contributed by atoms with E-state index in [2.05, 4.69) is 4.90 Å². The van der Waals surface area contributed by atoms with Gasteiger partial charge in [0.15, 0.2) is 6.29 Å². The van der Waals surface area contributed by atoms with E-state index in [-0.39, 0.29) is 6.29 Å². The average Bonchev–Trinajstić information content (AvgIpc) is 2.15. The molecule has 0 aromatic rings. The second-order valence-corrected chi connectivity index (χ2v) is 3.63. The van der Waals surface area contributed by atoms with Crippen LogP contribution in [0.4, 0.5) is 0 Å². The molecule has 0 spiro atoms. The van der Waals surface area contributed by atoms with Crippen molar-refractivity contribution in [2.24, 2.45) is 0 Å². The highest BCUT2D eigenvalue weighted by Crippen LogP contribution is 2.11. The minimum Gasteiger partial charge on any atom is -0.294 e. The molecule has 0 aliphatic carbocycles. The van der Waals surface area contributed by atoms with E-state index in [1.807, 2.05) is 7.05 Å². The first-order valence-corrected chi connectivity index (χ1v) is 4.48. The van der Waals surface area contributed by atoms with Gasteiger partial charge in [0.25, 0.3) is 5.78 Å². The number of likely N-dealkylation sites (N-methyl/N-ethyl adjacent to an activating group) is 1. The van der Waals surface area contributed by atoms with Gasteiger partial charge in [-0.05, 0) is 20.5 Å². The van der Waals surface area contributed by atoms with E-state index < -0.39 is 17.6 Å². The Morgan fingerprint density at radius 2 is 2.00 bits per heavy atom. The molecular weight excluding hydrogens is 184 g/mol. The predicted octanol–water partition coefficient (Wildman–Crippen LogP) is -1.08. The van der Waals surface area contributed by atoms with Crippen molar-refractivity contribution in [1.29, 1.82) is 0 Å². The zero-order valence-electron chi connectivity index (χ0n) is 8.40. The molecule has 0 saturated carbocycles. The zero-order chi connectivity index (χ0) is 10.7. The van der Waals surface area contributed by atoms with E-state index in [0.29, 0.717) is 13.1 Å². The largest absolute Gasteiger partial charge is 0.294 e. The molecule has 1 fully saturated rings. The number of aldehydes is 1. The number of carbonyl (C=O) groups excluding carboxylic acids is 3. The first kappa shape index (κ1) is 11.0. The van der Waals surface area contributed by atoms with Crippen LogP contribution in [0.15, 0.2) is 0 Å². The fourth-order valence-corrected chi connectivity index (χ4v) is 1.67. The maximum atomic E-state index is 11.4. The van der Waals surface area contributed by atoms with Gasteiger partial charge in [-0.15, -0.1) is 0 Å². The van der Waals surface area contributed by atoms with Crippen LogP contribution < -0.4 is 0 Å². The normalized spacial score (nSPS) is 24.6. The van der Waals surface area contributed by atoms with Crippen LogP contribution >= 0.6 is 0 Å². The molecule has 1 aliphatic heterocycles. The van der Waals surface area contributed by atoms with Crippen molar-refractivity contribution in [2.75, 3.05) is 27.3 Å². The number of ketones is 2.